The topological polar surface area (TPSA) is 87.7 Å². The van der Waals surface area contributed by atoms with E-state index in [1.54, 1.807) is 7.11 Å². The molecule has 1 saturated carbocycles. The van der Waals surface area contributed by atoms with Crippen molar-refractivity contribution in [3.8, 4) is 11.5 Å². The zero-order chi connectivity index (χ0) is 34.8. The average Bonchev–Trinajstić information content (AvgIpc) is 3.66. The molecule has 1 aromatic heterocycles. The minimum atomic E-state index is -0.407. The molecule has 266 valence electrons. The number of benzene rings is 2. The summed E-state index contributed by atoms with van der Waals surface area (Å²) in [6.07, 6.45) is 8.65. The summed E-state index contributed by atoms with van der Waals surface area (Å²) in [6, 6.07) is 15.7. The number of carbonyl (C=O) groups is 2. The van der Waals surface area contributed by atoms with Crippen LogP contribution in [0.2, 0.25) is 5.02 Å². The summed E-state index contributed by atoms with van der Waals surface area (Å²) in [4.78, 5) is 39.4. The molecule has 0 bridgehead atoms. The summed E-state index contributed by atoms with van der Waals surface area (Å²) < 4.78 is 17.8. The molecule has 2 saturated heterocycles. The molecule has 11 heteroatoms. The van der Waals surface area contributed by atoms with Crippen LogP contribution in [0.5, 0.6) is 11.5 Å². The number of pyridine rings is 1. The van der Waals surface area contributed by atoms with Crippen LogP contribution in [0.4, 0.5) is 11.5 Å². The van der Waals surface area contributed by atoms with Crippen LogP contribution in [-0.4, -0.2) is 99.3 Å². The van der Waals surface area contributed by atoms with Crippen LogP contribution in [0.15, 0.2) is 54.7 Å². The molecule has 50 heavy (non-hydrogen) atoms. The van der Waals surface area contributed by atoms with Crippen LogP contribution in [-0.2, 0) is 20.7 Å². The number of anilines is 2. The van der Waals surface area contributed by atoms with Crippen molar-refractivity contribution in [2.24, 2.45) is 5.92 Å². The number of nitrogens with zero attached hydrogens (tertiary/aromatic N) is 5. The lowest BCUT2D eigenvalue weighted by molar-refractivity contribution is -0.135. The SMILES string of the molecule is COc1cc2c(cc1OC[C@H]1CCCO1)[C@H](c1ccc(Cl)cc1)N(c1ccc(N(C)CC3CCC(N4CCN(C)C(=O)C4)CC3)nc1)C(=O)C2. The number of ether oxygens (including phenoxy) is 3. The molecule has 3 aliphatic heterocycles. The Labute approximate surface area is 300 Å². The summed E-state index contributed by atoms with van der Waals surface area (Å²) in [5.74, 6) is 2.90. The van der Waals surface area contributed by atoms with Crippen LogP contribution < -0.4 is 19.3 Å². The molecule has 2 aromatic carbocycles. The molecular formula is C39H48ClN5O5. The molecule has 3 fully saturated rings. The Balaban J connectivity index is 1.08. The van der Waals surface area contributed by atoms with Gasteiger partial charge in [-0.2, -0.15) is 0 Å². The predicted octanol–water partition coefficient (Wildman–Crippen LogP) is 5.75. The van der Waals surface area contributed by atoms with Crippen LogP contribution in [0, 0.1) is 5.92 Å². The minimum Gasteiger partial charge on any atom is -0.493 e. The zero-order valence-electron chi connectivity index (χ0n) is 29.4. The van der Waals surface area contributed by atoms with E-state index in [2.05, 4.69) is 16.8 Å². The van der Waals surface area contributed by atoms with E-state index in [4.69, 9.17) is 30.8 Å². The van der Waals surface area contributed by atoms with E-state index in [1.807, 2.05) is 71.6 Å². The van der Waals surface area contributed by atoms with Gasteiger partial charge in [0.1, 0.15) is 12.4 Å². The van der Waals surface area contributed by atoms with Crippen molar-refractivity contribution in [3.63, 3.8) is 0 Å². The molecule has 0 N–H and O–H groups in total. The summed E-state index contributed by atoms with van der Waals surface area (Å²) in [5.41, 5.74) is 3.56. The van der Waals surface area contributed by atoms with E-state index in [9.17, 15) is 9.59 Å². The number of hydrogen-bond donors (Lipinski definition) is 0. The zero-order valence-corrected chi connectivity index (χ0v) is 30.1. The number of fused-ring (bicyclic) bond motifs is 1. The Bertz CT molecular complexity index is 1660. The normalized spacial score (nSPS) is 24.3. The molecule has 0 radical (unpaired) electrons. The van der Waals surface area contributed by atoms with Crippen molar-refractivity contribution in [2.45, 2.75) is 63.1 Å². The van der Waals surface area contributed by atoms with Gasteiger partial charge in [-0.15, -0.1) is 0 Å². The third kappa shape index (κ3) is 7.43. The van der Waals surface area contributed by atoms with Gasteiger partial charge in [0.2, 0.25) is 11.8 Å². The molecule has 4 heterocycles. The van der Waals surface area contributed by atoms with Crippen molar-refractivity contribution >= 4 is 34.9 Å². The summed E-state index contributed by atoms with van der Waals surface area (Å²) >= 11 is 6.31. The maximum atomic E-state index is 14.0. The van der Waals surface area contributed by atoms with Crippen molar-refractivity contribution in [1.82, 2.24) is 14.8 Å². The van der Waals surface area contributed by atoms with Gasteiger partial charge in [0.05, 0.1) is 44.1 Å². The number of halogens is 1. The minimum absolute atomic E-state index is 0.0192. The van der Waals surface area contributed by atoms with Gasteiger partial charge >= 0.3 is 0 Å². The van der Waals surface area contributed by atoms with Gasteiger partial charge in [-0.05, 0) is 97.5 Å². The highest BCUT2D eigenvalue weighted by Crippen LogP contribution is 2.44. The molecular weight excluding hydrogens is 654 g/mol. The van der Waals surface area contributed by atoms with Gasteiger partial charge in [0.15, 0.2) is 11.5 Å². The van der Waals surface area contributed by atoms with Crippen molar-refractivity contribution in [3.05, 3.63) is 76.4 Å². The number of hydrogen-bond acceptors (Lipinski definition) is 8. The predicted molar refractivity (Wildman–Crippen MR) is 194 cm³/mol. The third-order valence-corrected chi connectivity index (χ3v) is 11.2. The standard InChI is InChI=1S/C39H48ClN5O5/c1-42-16-17-44(24-38(42)47)30-12-6-26(7-13-30)23-43(2)36-15-14-31(22-41-36)45-37(46)20-28-19-34(48-3)35(50-25-32-5-4-18-49-32)21-33(28)39(45)27-8-10-29(40)11-9-27/h8-11,14-15,19,21-22,26,30,32,39H,4-7,12-13,16-18,20,23-25H2,1-3H3/t26?,30?,32-,39+/m1/s1. The molecule has 10 nitrogen and oxygen atoms in total. The van der Waals surface area contributed by atoms with E-state index in [1.165, 1.54) is 0 Å². The van der Waals surface area contributed by atoms with E-state index in [0.29, 0.717) is 41.6 Å². The number of rotatable bonds is 10. The van der Waals surface area contributed by atoms with Crippen LogP contribution in [0.3, 0.4) is 0 Å². The number of carbonyl (C=O) groups excluding carboxylic acids is 2. The van der Waals surface area contributed by atoms with Gasteiger partial charge in [0.25, 0.3) is 0 Å². The Kier molecular flexibility index (Phi) is 10.5. The van der Waals surface area contributed by atoms with Crippen LogP contribution >= 0.6 is 11.6 Å². The molecule has 0 unspecified atom stereocenters. The Morgan fingerprint density at radius 2 is 1.78 bits per heavy atom. The van der Waals surface area contributed by atoms with Gasteiger partial charge in [-0.25, -0.2) is 4.98 Å². The first kappa shape index (κ1) is 34.6. The molecule has 4 aliphatic rings. The first-order valence-electron chi connectivity index (χ1n) is 17.9. The maximum absolute atomic E-state index is 14.0. The molecule has 3 aromatic rings. The lowest BCUT2D eigenvalue weighted by Crippen LogP contribution is -2.53. The second kappa shape index (κ2) is 15.2. The molecule has 0 spiro atoms. The molecule has 1 aliphatic carbocycles. The van der Waals surface area contributed by atoms with Gasteiger partial charge in [-0.3, -0.25) is 19.4 Å². The highest BCUT2D eigenvalue weighted by molar-refractivity contribution is 6.30. The van der Waals surface area contributed by atoms with Crippen molar-refractivity contribution in [2.75, 3.05) is 70.4 Å². The lowest BCUT2D eigenvalue weighted by atomic mass is 9.84. The number of likely N-dealkylation sites (N-methyl/N-ethyl adjacent to an activating group) is 1. The number of amides is 2. The van der Waals surface area contributed by atoms with Crippen molar-refractivity contribution in [1.29, 1.82) is 0 Å². The first-order valence-corrected chi connectivity index (χ1v) is 18.3. The highest BCUT2D eigenvalue weighted by atomic mass is 35.5. The maximum Gasteiger partial charge on any atom is 0.236 e. The van der Waals surface area contributed by atoms with E-state index < -0.39 is 6.04 Å². The first-order chi connectivity index (χ1) is 24.3. The summed E-state index contributed by atoms with van der Waals surface area (Å²) in [7, 11) is 5.62. The van der Waals surface area contributed by atoms with Gasteiger partial charge < -0.3 is 24.0 Å². The fraction of sp³-hybridized carbons (Fsp3) is 0.513. The lowest BCUT2D eigenvalue weighted by Gasteiger charge is -2.41. The van der Waals surface area contributed by atoms with Crippen molar-refractivity contribution < 1.29 is 23.8 Å². The molecule has 7 rings (SSSR count). The average molecular weight is 702 g/mol. The number of aromatic nitrogens is 1. The Morgan fingerprint density at radius 1 is 0.980 bits per heavy atom. The second-order valence-electron chi connectivity index (χ2n) is 14.3. The monoisotopic (exact) mass is 701 g/mol. The Morgan fingerprint density at radius 3 is 2.46 bits per heavy atom. The molecule has 2 atom stereocenters. The van der Waals surface area contributed by atoms with Crippen LogP contribution in [0.1, 0.15) is 61.3 Å². The van der Waals surface area contributed by atoms with Gasteiger partial charge in [-0.1, -0.05) is 23.7 Å². The highest BCUT2D eigenvalue weighted by Gasteiger charge is 2.37. The second-order valence-corrected chi connectivity index (χ2v) is 14.7. The van der Waals surface area contributed by atoms with E-state index >= 15 is 0 Å². The summed E-state index contributed by atoms with van der Waals surface area (Å²) in [6.45, 7) is 4.46. The molecule has 2 amide bonds. The Hall–Kier alpha value is -3.86. The fourth-order valence-electron chi connectivity index (χ4n) is 8.06. The van der Waals surface area contributed by atoms with Gasteiger partial charge in [0, 0.05) is 51.4 Å². The van der Waals surface area contributed by atoms with Crippen LogP contribution in [0.25, 0.3) is 0 Å². The largest absolute Gasteiger partial charge is 0.493 e. The number of methoxy groups -OCH3 is 1. The third-order valence-electron chi connectivity index (χ3n) is 11.0. The summed E-state index contributed by atoms with van der Waals surface area (Å²) in [5, 5.41) is 0.634. The van der Waals surface area contributed by atoms with E-state index in [0.717, 1.165) is 93.0 Å². The number of piperazine rings is 1. The smallest absolute Gasteiger partial charge is 0.236 e. The van der Waals surface area contributed by atoms with E-state index in [-0.39, 0.29) is 24.3 Å². The fourth-order valence-corrected chi connectivity index (χ4v) is 8.19. The quantitative estimate of drug-likeness (QED) is 0.264.